The first-order valence-electron chi connectivity index (χ1n) is 7.28. The van der Waals surface area contributed by atoms with Gasteiger partial charge in [0.05, 0.1) is 11.3 Å². The maximum Gasteiger partial charge on any atom is 0.241 e. The SMILES string of the molecule is Cc1cccc(-c2noc(CO)c2-c2cc(F)c(S(N)(=O)=O)cc2F)n1. The summed E-state index contributed by atoms with van der Waals surface area (Å²) in [7, 11) is -4.44. The summed E-state index contributed by atoms with van der Waals surface area (Å²) in [4.78, 5) is 3.27. The number of benzene rings is 1. The van der Waals surface area contributed by atoms with Crippen molar-refractivity contribution in [3.05, 3.63) is 53.4 Å². The number of aliphatic hydroxyl groups excluding tert-OH is 1. The highest BCUT2D eigenvalue weighted by Crippen LogP contribution is 2.36. The van der Waals surface area contributed by atoms with E-state index in [0.717, 1.165) is 0 Å². The Bertz CT molecular complexity index is 1100. The maximum atomic E-state index is 14.6. The smallest absolute Gasteiger partial charge is 0.241 e. The summed E-state index contributed by atoms with van der Waals surface area (Å²) in [5.41, 5.74) is 0.692. The summed E-state index contributed by atoms with van der Waals surface area (Å²) in [5.74, 6) is -2.43. The molecule has 136 valence electrons. The van der Waals surface area contributed by atoms with Crippen LogP contribution in [-0.4, -0.2) is 23.7 Å². The average Bonchev–Trinajstić information content (AvgIpc) is 2.99. The molecule has 2 aromatic heterocycles. The Morgan fingerprint density at radius 2 is 1.96 bits per heavy atom. The van der Waals surface area contributed by atoms with Crippen LogP contribution < -0.4 is 5.14 Å². The molecule has 2 heterocycles. The van der Waals surface area contributed by atoms with Gasteiger partial charge in [-0.1, -0.05) is 11.2 Å². The second-order valence-corrected chi connectivity index (χ2v) is 6.99. The standard InChI is InChI=1S/C16H13F2N3O4S/c1-8-3-2-4-12(20-8)16-15(13(7-22)25-21-16)9-5-11(18)14(6-10(9)17)26(19,23)24/h2-6,22H,7H2,1H3,(H2,19,23,24). The Kier molecular flexibility index (Phi) is 4.57. The summed E-state index contributed by atoms with van der Waals surface area (Å²) in [6, 6.07) is 6.15. The van der Waals surface area contributed by atoms with Gasteiger partial charge in [-0.05, 0) is 31.2 Å². The molecule has 0 aliphatic carbocycles. The van der Waals surface area contributed by atoms with E-state index in [-0.39, 0.29) is 22.6 Å². The molecule has 7 nitrogen and oxygen atoms in total. The van der Waals surface area contributed by atoms with E-state index in [1.165, 1.54) is 0 Å². The van der Waals surface area contributed by atoms with Crippen molar-refractivity contribution in [2.75, 3.05) is 0 Å². The van der Waals surface area contributed by atoms with Gasteiger partial charge in [0.1, 0.15) is 28.8 Å². The number of aliphatic hydroxyl groups is 1. The Morgan fingerprint density at radius 1 is 1.23 bits per heavy atom. The number of sulfonamides is 1. The first-order chi connectivity index (χ1) is 12.2. The zero-order chi connectivity index (χ0) is 19.1. The number of hydrogen-bond acceptors (Lipinski definition) is 6. The minimum absolute atomic E-state index is 0.0250. The van der Waals surface area contributed by atoms with Gasteiger partial charge >= 0.3 is 0 Å². The van der Waals surface area contributed by atoms with Crippen LogP contribution in [0.3, 0.4) is 0 Å². The van der Waals surface area contributed by atoms with E-state index in [1.54, 1.807) is 25.1 Å². The second kappa shape index (κ2) is 6.56. The van der Waals surface area contributed by atoms with E-state index in [1.807, 2.05) is 0 Å². The highest BCUT2D eigenvalue weighted by molar-refractivity contribution is 7.89. The molecule has 0 aliphatic rings. The van der Waals surface area contributed by atoms with Gasteiger partial charge in [0.2, 0.25) is 10.0 Å². The lowest BCUT2D eigenvalue weighted by Gasteiger charge is -2.08. The van der Waals surface area contributed by atoms with Gasteiger partial charge in [-0.15, -0.1) is 0 Å². The van der Waals surface area contributed by atoms with Crippen LogP contribution in [0.5, 0.6) is 0 Å². The van der Waals surface area contributed by atoms with Crippen LogP contribution in [0.4, 0.5) is 8.78 Å². The lowest BCUT2D eigenvalue weighted by Crippen LogP contribution is -2.14. The number of aromatic nitrogens is 2. The number of primary sulfonamides is 1. The molecule has 0 saturated carbocycles. The Balaban J connectivity index is 2.28. The molecule has 0 spiro atoms. The predicted octanol–water partition coefficient (Wildman–Crippen LogP) is 2.13. The van der Waals surface area contributed by atoms with Crippen LogP contribution in [0.1, 0.15) is 11.5 Å². The number of hydrogen-bond donors (Lipinski definition) is 2. The van der Waals surface area contributed by atoms with Crippen molar-refractivity contribution in [2.45, 2.75) is 18.4 Å². The molecule has 0 bridgehead atoms. The first-order valence-corrected chi connectivity index (χ1v) is 8.82. The summed E-state index contributed by atoms with van der Waals surface area (Å²) in [6.07, 6.45) is 0. The van der Waals surface area contributed by atoms with Gasteiger partial charge in [-0.3, -0.25) is 4.98 Å². The highest BCUT2D eigenvalue weighted by atomic mass is 32.2. The fourth-order valence-corrected chi connectivity index (χ4v) is 3.10. The first kappa shape index (κ1) is 18.1. The fourth-order valence-electron chi connectivity index (χ4n) is 2.50. The number of halogens is 2. The van der Waals surface area contributed by atoms with E-state index in [9.17, 15) is 22.3 Å². The van der Waals surface area contributed by atoms with Crippen LogP contribution >= 0.6 is 0 Å². The zero-order valence-corrected chi connectivity index (χ0v) is 14.2. The van der Waals surface area contributed by atoms with Crippen molar-refractivity contribution in [1.82, 2.24) is 10.1 Å². The highest BCUT2D eigenvalue weighted by Gasteiger charge is 2.26. The molecule has 3 rings (SSSR count). The second-order valence-electron chi connectivity index (χ2n) is 5.46. The number of nitrogens with zero attached hydrogens (tertiary/aromatic N) is 2. The van der Waals surface area contributed by atoms with E-state index in [4.69, 9.17) is 9.66 Å². The topological polar surface area (TPSA) is 119 Å². The molecule has 0 radical (unpaired) electrons. The van der Waals surface area contributed by atoms with Gasteiger partial charge in [0.15, 0.2) is 5.76 Å². The van der Waals surface area contributed by atoms with Crippen LogP contribution in [0.2, 0.25) is 0 Å². The van der Waals surface area contributed by atoms with E-state index in [0.29, 0.717) is 23.5 Å². The number of pyridine rings is 1. The van der Waals surface area contributed by atoms with E-state index < -0.39 is 33.2 Å². The molecular formula is C16H13F2N3O4S. The molecular weight excluding hydrogens is 368 g/mol. The Morgan fingerprint density at radius 3 is 2.58 bits per heavy atom. The van der Waals surface area contributed by atoms with E-state index >= 15 is 0 Å². The van der Waals surface area contributed by atoms with Crippen molar-refractivity contribution < 1.29 is 26.8 Å². The van der Waals surface area contributed by atoms with Crippen molar-refractivity contribution in [3.63, 3.8) is 0 Å². The molecule has 0 atom stereocenters. The molecule has 10 heteroatoms. The van der Waals surface area contributed by atoms with Crippen molar-refractivity contribution in [2.24, 2.45) is 5.14 Å². The molecule has 0 saturated heterocycles. The van der Waals surface area contributed by atoms with Crippen LogP contribution in [0, 0.1) is 18.6 Å². The third-order valence-electron chi connectivity index (χ3n) is 3.63. The van der Waals surface area contributed by atoms with Crippen LogP contribution in [-0.2, 0) is 16.6 Å². The average molecular weight is 381 g/mol. The lowest BCUT2D eigenvalue weighted by atomic mass is 10.0. The predicted molar refractivity (Wildman–Crippen MR) is 87.1 cm³/mol. The largest absolute Gasteiger partial charge is 0.388 e. The van der Waals surface area contributed by atoms with Crippen molar-refractivity contribution in [1.29, 1.82) is 0 Å². The number of nitrogens with two attached hydrogens (primary N) is 1. The summed E-state index contributed by atoms with van der Waals surface area (Å²) in [6.45, 7) is 1.10. The fraction of sp³-hybridized carbons (Fsp3) is 0.125. The minimum atomic E-state index is -4.44. The van der Waals surface area contributed by atoms with Gasteiger partial charge in [0, 0.05) is 11.3 Å². The normalized spacial score (nSPS) is 11.7. The molecule has 0 unspecified atom stereocenters. The molecule has 0 aliphatic heterocycles. The number of rotatable bonds is 4. The lowest BCUT2D eigenvalue weighted by molar-refractivity contribution is 0.230. The van der Waals surface area contributed by atoms with Gasteiger partial charge in [0.25, 0.3) is 0 Å². The quantitative estimate of drug-likeness (QED) is 0.714. The van der Waals surface area contributed by atoms with Crippen molar-refractivity contribution >= 4 is 10.0 Å². The Hall–Kier alpha value is -2.69. The number of aryl methyl sites for hydroxylation is 1. The summed E-state index contributed by atoms with van der Waals surface area (Å²) in [5, 5.41) is 18.1. The third-order valence-corrected chi connectivity index (χ3v) is 4.56. The molecule has 1 aromatic carbocycles. The van der Waals surface area contributed by atoms with Gasteiger partial charge < -0.3 is 9.63 Å². The molecule has 0 fully saturated rings. The molecule has 26 heavy (non-hydrogen) atoms. The van der Waals surface area contributed by atoms with Crippen LogP contribution in [0.15, 0.2) is 39.8 Å². The van der Waals surface area contributed by atoms with Gasteiger partial charge in [-0.25, -0.2) is 22.3 Å². The zero-order valence-electron chi connectivity index (χ0n) is 13.4. The summed E-state index contributed by atoms with van der Waals surface area (Å²) < 4.78 is 56.5. The Labute approximate surface area is 147 Å². The molecule has 0 amide bonds. The minimum Gasteiger partial charge on any atom is -0.388 e. The maximum absolute atomic E-state index is 14.6. The van der Waals surface area contributed by atoms with Crippen molar-refractivity contribution in [3.8, 4) is 22.5 Å². The molecule has 3 N–H and O–H groups in total. The monoisotopic (exact) mass is 381 g/mol. The third kappa shape index (κ3) is 3.21. The van der Waals surface area contributed by atoms with Gasteiger partial charge in [-0.2, -0.15) is 0 Å². The van der Waals surface area contributed by atoms with Crippen LogP contribution in [0.25, 0.3) is 22.5 Å². The molecule has 3 aromatic rings. The van der Waals surface area contributed by atoms with E-state index in [2.05, 4.69) is 10.1 Å². The summed E-state index contributed by atoms with van der Waals surface area (Å²) >= 11 is 0.